The lowest BCUT2D eigenvalue weighted by molar-refractivity contribution is -0.507. The Morgan fingerprint density at radius 1 is 1.30 bits per heavy atom. The van der Waals surface area contributed by atoms with Crippen molar-refractivity contribution < 1.29 is 29.2 Å². The Morgan fingerprint density at radius 2 is 1.91 bits per heavy atom. The monoisotopic (exact) mass is 324 g/mol. The molecule has 0 aromatic heterocycles. The van der Waals surface area contributed by atoms with Crippen LogP contribution in [-0.2, 0) is 25.5 Å². The van der Waals surface area contributed by atoms with Crippen LogP contribution in [0, 0.1) is 10.1 Å². The molecule has 0 aliphatic carbocycles. The SMILES string of the molecule is COC(=O)[C@H](Cc1ccccc1)NC(=O)C(CC(=O)O)[N+](=O)[O-]. The first-order chi connectivity index (χ1) is 10.8. The Labute approximate surface area is 131 Å². The zero-order valence-corrected chi connectivity index (χ0v) is 12.3. The zero-order chi connectivity index (χ0) is 17.4. The van der Waals surface area contributed by atoms with E-state index in [1.807, 2.05) is 0 Å². The zero-order valence-electron chi connectivity index (χ0n) is 12.3. The number of hydrogen-bond acceptors (Lipinski definition) is 6. The Hall–Kier alpha value is -2.97. The lowest BCUT2D eigenvalue weighted by Crippen LogP contribution is -2.49. The van der Waals surface area contributed by atoms with Gasteiger partial charge in [0.1, 0.15) is 12.5 Å². The summed E-state index contributed by atoms with van der Waals surface area (Å²) in [6.45, 7) is 0. The predicted molar refractivity (Wildman–Crippen MR) is 77.1 cm³/mol. The molecule has 0 radical (unpaired) electrons. The van der Waals surface area contributed by atoms with E-state index in [-0.39, 0.29) is 6.42 Å². The van der Waals surface area contributed by atoms with Crippen molar-refractivity contribution in [2.75, 3.05) is 7.11 Å². The van der Waals surface area contributed by atoms with Crippen LogP contribution in [0.4, 0.5) is 0 Å². The first-order valence-corrected chi connectivity index (χ1v) is 6.62. The van der Waals surface area contributed by atoms with E-state index >= 15 is 0 Å². The van der Waals surface area contributed by atoms with E-state index in [2.05, 4.69) is 10.1 Å². The molecule has 0 saturated heterocycles. The fourth-order valence-corrected chi connectivity index (χ4v) is 1.88. The van der Waals surface area contributed by atoms with Gasteiger partial charge in [-0.05, 0) is 5.56 Å². The number of nitrogens with one attached hydrogen (secondary N) is 1. The molecular formula is C14H16N2O7. The summed E-state index contributed by atoms with van der Waals surface area (Å²) in [4.78, 5) is 44.1. The van der Waals surface area contributed by atoms with Crippen LogP contribution < -0.4 is 5.32 Å². The number of carboxylic acids is 1. The third-order valence-corrected chi connectivity index (χ3v) is 3.01. The standard InChI is InChI=1S/C14H16N2O7/c1-23-14(20)10(7-9-5-3-2-4-6-9)15-13(19)11(16(21)22)8-12(17)18/h2-6,10-11H,7-8H2,1H3,(H,15,19)(H,17,18)/t10-,11?/m0/s1. The first kappa shape index (κ1) is 18.1. The fourth-order valence-electron chi connectivity index (χ4n) is 1.88. The molecule has 0 bridgehead atoms. The largest absolute Gasteiger partial charge is 0.481 e. The molecule has 9 nitrogen and oxygen atoms in total. The Morgan fingerprint density at radius 3 is 2.39 bits per heavy atom. The van der Waals surface area contributed by atoms with Crippen molar-refractivity contribution in [1.82, 2.24) is 5.32 Å². The maximum atomic E-state index is 11.9. The smallest absolute Gasteiger partial charge is 0.328 e. The van der Waals surface area contributed by atoms with Crippen molar-refractivity contribution in [3.05, 3.63) is 46.0 Å². The molecule has 1 rings (SSSR count). The van der Waals surface area contributed by atoms with E-state index in [0.29, 0.717) is 5.56 Å². The predicted octanol–water partition coefficient (Wildman–Crippen LogP) is 0.00690. The molecule has 1 amide bonds. The minimum atomic E-state index is -1.98. The highest BCUT2D eigenvalue weighted by Gasteiger charge is 2.35. The lowest BCUT2D eigenvalue weighted by atomic mass is 10.1. The average molecular weight is 324 g/mol. The average Bonchev–Trinajstić information content (AvgIpc) is 2.51. The summed E-state index contributed by atoms with van der Waals surface area (Å²) >= 11 is 0. The minimum Gasteiger partial charge on any atom is -0.481 e. The molecule has 1 unspecified atom stereocenters. The van der Waals surface area contributed by atoms with E-state index < -0.39 is 41.3 Å². The van der Waals surface area contributed by atoms with Crippen LogP contribution in [0.25, 0.3) is 0 Å². The highest BCUT2D eigenvalue weighted by molar-refractivity contribution is 5.89. The summed E-state index contributed by atoms with van der Waals surface area (Å²) in [5, 5.41) is 21.6. The molecule has 124 valence electrons. The molecule has 0 aliphatic rings. The lowest BCUT2D eigenvalue weighted by Gasteiger charge is -2.17. The van der Waals surface area contributed by atoms with Crippen LogP contribution in [0.2, 0.25) is 0 Å². The number of methoxy groups -OCH3 is 1. The van der Waals surface area contributed by atoms with E-state index in [1.54, 1.807) is 30.3 Å². The molecule has 0 heterocycles. The number of nitrogens with zero attached hydrogens (tertiary/aromatic N) is 1. The van der Waals surface area contributed by atoms with Gasteiger partial charge in [-0.2, -0.15) is 0 Å². The molecule has 2 atom stereocenters. The number of hydrogen-bond donors (Lipinski definition) is 2. The maximum Gasteiger partial charge on any atom is 0.328 e. The number of aliphatic carboxylic acids is 1. The van der Waals surface area contributed by atoms with Gasteiger partial charge in [0.2, 0.25) is 0 Å². The molecule has 1 aromatic carbocycles. The Balaban J connectivity index is 2.87. The molecule has 9 heteroatoms. The van der Waals surface area contributed by atoms with Gasteiger partial charge in [-0.25, -0.2) is 4.79 Å². The molecule has 2 N–H and O–H groups in total. The summed E-state index contributed by atoms with van der Waals surface area (Å²) in [6.07, 6.45) is -0.908. The number of rotatable bonds is 8. The van der Waals surface area contributed by atoms with Gasteiger partial charge in [0.25, 0.3) is 11.9 Å². The third kappa shape index (κ3) is 5.73. The van der Waals surface area contributed by atoms with Crippen LogP contribution in [0.1, 0.15) is 12.0 Å². The number of carbonyl (C=O) groups excluding carboxylic acids is 2. The number of carboxylic acid groups (broad SMARTS) is 1. The molecule has 1 aromatic rings. The van der Waals surface area contributed by atoms with Gasteiger partial charge in [-0.15, -0.1) is 0 Å². The summed E-state index contributed by atoms with van der Waals surface area (Å²) in [6, 6.07) is 5.53. The van der Waals surface area contributed by atoms with Crippen LogP contribution >= 0.6 is 0 Å². The van der Waals surface area contributed by atoms with Gasteiger partial charge in [-0.3, -0.25) is 19.7 Å². The molecular weight excluding hydrogens is 308 g/mol. The van der Waals surface area contributed by atoms with E-state index in [4.69, 9.17) is 5.11 Å². The molecule has 0 fully saturated rings. The van der Waals surface area contributed by atoms with Gasteiger partial charge in [-0.1, -0.05) is 30.3 Å². The van der Waals surface area contributed by atoms with Gasteiger partial charge in [0.05, 0.1) is 7.11 Å². The highest BCUT2D eigenvalue weighted by atomic mass is 16.6. The number of nitro groups is 1. The second-order valence-electron chi connectivity index (χ2n) is 4.67. The van der Waals surface area contributed by atoms with Crippen molar-refractivity contribution >= 4 is 17.8 Å². The van der Waals surface area contributed by atoms with Gasteiger partial charge >= 0.3 is 11.9 Å². The number of esters is 1. The topological polar surface area (TPSA) is 136 Å². The van der Waals surface area contributed by atoms with E-state index in [0.717, 1.165) is 7.11 Å². The van der Waals surface area contributed by atoms with Crippen molar-refractivity contribution in [2.24, 2.45) is 0 Å². The second kappa shape index (κ2) is 8.47. The number of benzene rings is 1. The van der Waals surface area contributed by atoms with Gasteiger partial charge < -0.3 is 15.2 Å². The van der Waals surface area contributed by atoms with Crippen molar-refractivity contribution in [3.8, 4) is 0 Å². The Kier molecular flexibility index (Phi) is 6.66. The van der Waals surface area contributed by atoms with Crippen molar-refractivity contribution in [2.45, 2.75) is 24.9 Å². The van der Waals surface area contributed by atoms with Gasteiger partial charge in [0.15, 0.2) is 0 Å². The fraction of sp³-hybridized carbons (Fsp3) is 0.357. The molecule has 23 heavy (non-hydrogen) atoms. The van der Waals surface area contributed by atoms with Crippen LogP contribution in [0.15, 0.2) is 30.3 Å². The van der Waals surface area contributed by atoms with E-state index in [9.17, 15) is 24.5 Å². The maximum absolute atomic E-state index is 11.9. The van der Waals surface area contributed by atoms with Crippen molar-refractivity contribution in [3.63, 3.8) is 0 Å². The molecule has 0 saturated carbocycles. The summed E-state index contributed by atoms with van der Waals surface area (Å²) in [7, 11) is 1.12. The number of carbonyl (C=O) groups is 3. The molecule has 0 spiro atoms. The minimum absolute atomic E-state index is 0.0662. The normalized spacial score (nSPS) is 12.7. The van der Waals surface area contributed by atoms with E-state index in [1.165, 1.54) is 0 Å². The number of amides is 1. The Bertz CT molecular complexity index is 588. The third-order valence-electron chi connectivity index (χ3n) is 3.01. The van der Waals surface area contributed by atoms with Crippen molar-refractivity contribution in [1.29, 1.82) is 0 Å². The summed E-state index contributed by atoms with van der Waals surface area (Å²) in [5.41, 5.74) is 0.707. The van der Waals surface area contributed by atoms with Crippen LogP contribution in [0.3, 0.4) is 0 Å². The van der Waals surface area contributed by atoms with Crippen LogP contribution in [-0.4, -0.2) is 47.1 Å². The highest BCUT2D eigenvalue weighted by Crippen LogP contribution is 2.06. The quantitative estimate of drug-likeness (QED) is 0.390. The van der Waals surface area contributed by atoms with Crippen LogP contribution in [0.5, 0.6) is 0 Å². The second-order valence-corrected chi connectivity index (χ2v) is 4.67. The molecule has 0 aliphatic heterocycles. The number of ether oxygens (including phenoxy) is 1. The van der Waals surface area contributed by atoms with Gasteiger partial charge in [0, 0.05) is 11.3 Å². The first-order valence-electron chi connectivity index (χ1n) is 6.62. The summed E-state index contributed by atoms with van der Waals surface area (Å²) in [5.74, 6) is -3.41. The summed E-state index contributed by atoms with van der Waals surface area (Å²) < 4.78 is 4.57.